The highest BCUT2D eigenvalue weighted by Crippen LogP contribution is 2.10. The summed E-state index contributed by atoms with van der Waals surface area (Å²) in [6.07, 6.45) is 4.90. The van der Waals surface area contributed by atoms with E-state index in [1.54, 1.807) is 42.9 Å². The minimum Gasteiger partial charge on any atom is -0.308 e. The number of benzene rings is 1. The fourth-order valence-corrected chi connectivity index (χ4v) is 2.23. The van der Waals surface area contributed by atoms with Crippen molar-refractivity contribution in [3.63, 3.8) is 0 Å². The van der Waals surface area contributed by atoms with Crippen LogP contribution in [0.4, 0.5) is 0 Å². The van der Waals surface area contributed by atoms with Gasteiger partial charge in [-0.2, -0.15) is 5.10 Å². The maximum absolute atomic E-state index is 12.3. The number of nitrogens with one attached hydrogen (secondary N) is 1. The average Bonchev–Trinajstić information content (AvgIpc) is 2.99. The van der Waals surface area contributed by atoms with Gasteiger partial charge in [-0.15, -0.1) is 0 Å². The molecule has 3 rings (SSSR count). The summed E-state index contributed by atoms with van der Waals surface area (Å²) in [6.45, 7) is 0.282. The van der Waals surface area contributed by atoms with Crippen LogP contribution in [0.15, 0.2) is 53.7 Å². The highest BCUT2D eigenvalue weighted by atomic mass is 16.2. The van der Waals surface area contributed by atoms with Gasteiger partial charge in [0.2, 0.25) is 0 Å². The summed E-state index contributed by atoms with van der Waals surface area (Å²) >= 11 is 0. The molecule has 7 nitrogen and oxygen atoms in total. The number of fused-ring (bicyclic) bond motifs is 1. The van der Waals surface area contributed by atoms with Gasteiger partial charge < -0.3 is 4.57 Å². The van der Waals surface area contributed by atoms with E-state index in [1.165, 1.54) is 9.08 Å². The van der Waals surface area contributed by atoms with E-state index < -0.39 is 0 Å². The summed E-state index contributed by atoms with van der Waals surface area (Å²) in [5.74, 6) is 4.79. The lowest BCUT2D eigenvalue weighted by molar-refractivity contribution is 0.0952. The molecule has 1 amide bonds. The van der Waals surface area contributed by atoms with Crippen molar-refractivity contribution in [3.05, 3.63) is 70.4 Å². The number of hydrogen-bond donors (Lipinski definition) is 2. The smallest absolute Gasteiger partial charge is 0.276 e. The van der Waals surface area contributed by atoms with Crippen molar-refractivity contribution in [1.29, 1.82) is 0 Å². The summed E-state index contributed by atoms with van der Waals surface area (Å²) in [4.78, 5) is 24.1. The Kier molecular flexibility index (Phi) is 3.25. The predicted octanol–water partition coefficient (Wildman–Crippen LogP) is 0.148. The summed E-state index contributed by atoms with van der Waals surface area (Å²) in [7, 11) is 0. The van der Waals surface area contributed by atoms with E-state index in [1.807, 2.05) is 6.07 Å². The van der Waals surface area contributed by atoms with Crippen molar-refractivity contribution < 1.29 is 4.79 Å². The molecule has 0 unspecified atom stereocenters. The lowest BCUT2D eigenvalue weighted by Crippen LogP contribution is -2.31. The first kappa shape index (κ1) is 13.1. The fraction of sp³-hybridized carbons (Fsp3) is 0.0714. The Morgan fingerprint density at radius 2 is 2.05 bits per heavy atom. The first-order chi connectivity index (χ1) is 10.2. The van der Waals surface area contributed by atoms with Crippen molar-refractivity contribution in [1.82, 2.24) is 19.6 Å². The quantitative estimate of drug-likeness (QED) is 0.406. The van der Waals surface area contributed by atoms with Crippen molar-refractivity contribution >= 4 is 11.4 Å². The molecule has 21 heavy (non-hydrogen) atoms. The number of nitrogens with two attached hydrogens (primary N) is 1. The van der Waals surface area contributed by atoms with Crippen molar-refractivity contribution in [2.75, 3.05) is 0 Å². The van der Waals surface area contributed by atoms with Crippen LogP contribution in [0, 0.1) is 0 Å². The molecule has 3 N–H and O–H groups in total. The molecule has 2 aromatic heterocycles. The largest absolute Gasteiger partial charge is 0.308 e. The Bertz CT molecular complexity index is 865. The monoisotopic (exact) mass is 283 g/mol. The summed E-state index contributed by atoms with van der Waals surface area (Å²) in [5.41, 5.74) is 3.58. The number of rotatable bonds is 3. The van der Waals surface area contributed by atoms with Crippen LogP contribution < -0.4 is 16.8 Å². The molecule has 106 valence electrons. The van der Waals surface area contributed by atoms with E-state index in [0.717, 1.165) is 0 Å². The third-order valence-corrected chi connectivity index (χ3v) is 3.27. The van der Waals surface area contributed by atoms with Gasteiger partial charge in [0, 0.05) is 18.0 Å². The van der Waals surface area contributed by atoms with Gasteiger partial charge in [0.25, 0.3) is 11.5 Å². The summed E-state index contributed by atoms with van der Waals surface area (Å²) in [6, 6.07) is 8.66. The SMILES string of the molecule is NNC(=O)c1ccccc1Cn1ccn2nccc2c1=O. The molecule has 0 saturated carbocycles. The van der Waals surface area contributed by atoms with Crippen LogP contribution in [0.5, 0.6) is 0 Å². The lowest BCUT2D eigenvalue weighted by atomic mass is 10.1. The highest BCUT2D eigenvalue weighted by Gasteiger charge is 2.11. The van der Waals surface area contributed by atoms with Gasteiger partial charge in [-0.1, -0.05) is 18.2 Å². The number of hydrogen-bond acceptors (Lipinski definition) is 4. The van der Waals surface area contributed by atoms with Crippen LogP contribution in [0.1, 0.15) is 15.9 Å². The van der Waals surface area contributed by atoms with Crippen LogP contribution in [-0.2, 0) is 6.54 Å². The first-order valence-corrected chi connectivity index (χ1v) is 6.32. The van der Waals surface area contributed by atoms with E-state index in [-0.39, 0.29) is 18.0 Å². The molecule has 7 heteroatoms. The third-order valence-electron chi connectivity index (χ3n) is 3.27. The number of carbonyl (C=O) groups excluding carboxylic acids is 1. The maximum atomic E-state index is 12.3. The molecule has 0 aliphatic carbocycles. The second kappa shape index (κ2) is 5.22. The normalized spacial score (nSPS) is 10.7. The minimum absolute atomic E-state index is 0.169. The van der Waals surface area contributed by atoms with Crippen LogP contribution in [-0.4, -0.2) is 20.1 Å². The number of nitrogens with zero attached hydrogens (tertiary/aromatic N) is 3. The number of aromatic nitrogens is 3. The Balaban J connectivity index is 2.05. The van der Waals surface area contributed by atoms with E-state index >= 15 is 0 Å². The molecule has 0 bridgehead atoms. The zero-order valence-corrected chi connectivity index (χ0v) is 11.1. The van der Waals surface area contributed by atoms with Gasteiger partial charge in [-0.3, -0.25) is 15.0 Å². The molecule has 0 saturated heterocycles. The Morgan fingerprint density at radius 3 is 2.86 bits per heavy atom. The second-order valence-electron chi connectivity index (χ2n) is 4.52. The highest BCUT2D eigenvalue weighted by molar-refractivity contribution is 5.95. The summed E-state index contributed by atoms with van der Waals surface area (Å²) < 4.78 is 3.04. The molecular formula is C14H13N5O2. The van der Waals surface area contributed by atoms with E-state index in [0.29, 0.717) is 16.6 Å². The number of amides is 1. The summed E-state index contributed by atoms with van der Waals surface area (Å²) in [5, 5.41) is 4.01. The molecule has 0 spiro atoms. The van der Waals surface area contributed by atoms with Crippen LogP contribution >= 0.6 is 0 Å². The standard InChI is InChI=1S/C14H13N5O2/c15-17-13(20)11-4-2-1-3-10(11)9-18-7-8-19-12(14(18)21)5-6-16-19/h1-8H,9,15H2,(H,17,20). The lowest BCUT2D eigenvalue weighted by Gasteiger charge is -2.10. The number of hydrazine groups is 1. The van der Waals surface area contributed by atoms with Gasteiger partial charge in [0.1, 0.15) is 5.52 Å². The fourth-order valence-electron chi connectivity index (χ4n) is 2.23. The molecule has 3 aromatic rings. The van der Waals surface area contributed by atoms with Gasteiger partial charge in [-0.05, 0) is 17.7 Å². The zero-order valence-electron chi connectivity index (χ0n) is 11.1. The molecule has 2 heterocycles. The van der Waals surface area contributed by atoms with Gasteiger partial charge in [0.05, 0.1) is 12.7 Å². The van der Waals surface area contributed by atoms with E-state index in [9.17, 15) is 9.59 Å². The Hall–Kier alpha value is -2.93. The van der Waals surface area contributed by atoms with Crippen molar-refractivity contribution in [2.24, 2.45) is 5.84 Å². The molecule has 0 radical (unpaired) electrons. The van der Waals surface area contributed by atoms with Crippen LogP contribution in [0.25, 0.3) is 5.52 Å². The topological polar surface area (TPSA) is 94.4 Å². The van der Waals surface area contributed by atoms with Gasteiger partial charge >= 0.3 is 0 Å². The molecule has 0 aliphatic rings. The third kappa shape index (κ3) is 2.30. The van der Waals surface area contributed by atoms with Crippen molar-refractivity contribution in [2.45, 2.75) is 6.54 Å². The van der Waals surface area contributed by atoms with Crippen molar-refractivity contribution in [3.8, 4) is 0 Å². The molecule has 0 fully saturated rings. The van der Waals surface area contributed by atoms with Crippen LogP contribution in [0.3, 0.4) is 0 Å². The molecule has 0 atom stereocenters. The van der Waals surface area contributed by atoms with Gasteiger partial charge in [0.15, 0.2) is 0 Å². The Labute approximate surface area is 119 Å². The minimum atomic E-state index is -0.385. The second-order valence-corrected chi connectivity index (χ2v) is 4.52. The van der Waals surface area contributed by atoms with E-state index in [4.69, 9.17) is 5.84 Å². The Morgan fingerprint density at radius 1 is 1.24 bits per heavy atom. The maximum Gasteiger partial charge on any atom is 0.276 e. The molecular weight excluding hydrogens is 270 g/mol. The van der Waals surface area contributed by atoms with Crippen LogP contribution in [0.2, 0.25) is 0 Å². The number of nitrogen functional groups attached to an aromatic ring is 1. The molecule has 0 aliphatic heterocycles. The zero-order chi connectivity index (χ0) is 14.8. The van der Waals surface area contributed by atoms with E-state index in [2.05, 4.69) is 10.5 Å². The first-order valence-electron chi connectivity index (χ1n) is 6.32. The number of carbonyl (C=O) groups is 1. The molecule has 1 aromatic carbocycles. The average molecular weight is 283 g/mol. The van der Waals surface area contributed by atoms with Gasteiger partial charge in [-0.25, -0.2) is 10.4 Å². The predicted molar refractivity (Wildman–Crippen MR) is 76.6 cm³/mol.